The van der Waals surface area contributed by atoms with E-state index in [2.05, 4.69) is 31.5 Å². The Morgan fingerprint density at radius 1 is 1.43 bits per heavy atom. The summed E-state index contributed by atoms with van der Waals surface area (Å²) in [5, 5.41) is 6.14. The van der Waals surface area contributed by atoms with Crippen molar-refractivity contribution in [2.24, 2.45) is 0 Å². The smallest absolute Gasteiger partial charge is 0.246 e. The molecule has 0 aliphatic carbocycles. The average Bonchev–Trinajstić information content (AvgIpc) is 2.74. The van der Waals surface area contributed by atoms with Crippen LogP contribution in [0.4, 0.5) is 11.4 Å². The van der Waals surface area contributed by atoms with E-state index in [0.29, 0.717) is 6.61 Å². The molecule has 116 valence electrons. The average molecular weight is 356 g/mol. The van der Waals surface area contributed by atoms with Gasteiger partial charge in [0.25, 0.3) is 0 Å². The Morgan fingerprint density at radius 2 is 2.19 bits per heavy atom. The quantitative estimate of drug-likeness (QED) is 0.738. The number of ether oxygens (including phenoxy) is 1. The fraction of sp³-hybridized carbons (Fsp3) is 0.533. The number of rotatable bonds is 7. The van der Waals surface area contributed by atoms with Gasteiger partial charge in [0.05, 0.1) is 12.3 Å². The van der Waals surface area contributed by atoms with E-state index < -0.39 is 0 Å². The Hall–Kier alpha value is -1.11. The van der Waals surface area contributed by atoms with Crippen molar-refractivity contribution in [1.29, 1.82) is 0 Å². The number of hydrogen-bond donors (Lipinski definition) is 2. The van der Waals surface area contributed by atoms with E-state index in [-0.39, 0.29) is 11.9 Å². The summed E-state index contributed by atoms with van der Waals surface area (Å²) in [7, 11) is 2.02. The van der Waals surface area contributed by atoms with Gasteiger partial charge in [0.1, 0.15) is 6.04 Å². The minimum atomic E-state index is -0.260. The third-order valence-corrected chi connectivity index (χ3v) is 4.18. The first-order valence-corrected chi connectivity index (χ1v) is 8.04. The molecule has 1 aromatic rings. The summed E-state index contributed by atoms with van der Waals surface area (Å²) < 4.78 is 6.37. The lowest BCUT2D eigenvalue weighted by atomic mass is 10.1. The Morgan fingerprint density at radius 3 is 2.86 bits per heavy atom. The van der Waals surface area contributed by atoms with Crippen molar-refractivity contribution in [2.45, 2.75) is 19.9 Å². The Bertz CT molecular complexity index is 522. The summed E-state index contributed by atoms with van der Waals surface area (Å²) in [5.41, 5.74) is 2.92. The van der Waals surface area contributed by atoms with Gasteiger partial charge in [0, 0.05) is 35.9 Å². The summed E-state index contributed by atoms with van der Waals surface area (Å²) in [4.78, 5) is 14.1. The molecule has 6 heteroatoms. The number of halogens is 1. The fourth-order valence-electron chi connectivity index (χ4n) is 2.44. The third-order valence-electron chi connectivity index (χ3n) is 3.54. The molecular formula is C15H22BrN3O2. The van der Waals surface area contributed by atoms with Gasteiger partial charge in [-0.15, -0.1) is 0 Å². The summed E-state index contributed by atoms with van der Waals surface area (Å²) >= 11 is 3.61. The van der Waals surface area contributed by atoms with E-state index in [0.717, 1.165) is 41.1 Å². The number of anilines is 2. The molecule has 1 amide bonds. The first-order chi connectivity index (χ1) is 10.1. The molecule has 21 heavy (non-hydrogen) atoms. The lowest BCUT2D eigenvalue weighted by molar-refractivity contribution is -0.117. The van der Waals surface area contributed by atoms with E-state index in [9.17, 15) is 4.79 Å². The zero-order chi connectivity index (χ0) is 15.4. The van der Waals surface area contributed by atoms with Crippen LogP contribution in [0.15, 0.2) is 16.6 Å². The first-order valence-electron chi connectivity index (χ1n) is 7.25. The summed E-state index contributed by atoms with van der Waals surface area (Å²) in [6, 6.07) is 3.78. The molecule has 0 bridgehead atoms. The molecular weight excluding hydrogens is 334 g/mol. The normalized spacial score (nSPS) is 16.8. The number of carbonyl (C=O) groups is 1. The molecule has 0 saturated carbocycles. The molecule has 0 saturated heterocycles. The predicted octanol–water partition coefficient (Wildman–Crippen LogP) is 2.52. The maximum Gasteiger partial charge on any atom is 0.246 e. The van der Waals surface area contributed by atoms with Crippen molar-refractivity contribution in [2.75, 3.05) is 43.6 Å². The maximum atomic E-state index is 12.0. The van der Waals surface area contributed by atoms with Crippen molar-refractivity contribution < 1.29 is 9.53 Å². The van der Waals surface area contributed by atoms with Gasteiger partial charge in [-0.1, -0.05) is 6.92 Å². The Labute approximate surface area is 134 Å². The molecule has 1 atom stereocenters. The van der Waals surface area contributed by atoms with Crippen molar-refractivity contribution in [3.05, 3.63) is 22.2 Å². The lowest BCUT2D eigenvalue weighted by Gasteiger charge is -2.22. The summed E-state index contributed by atoms with van der Waals surface area (Å²) in [5.74, 6) is 0.00729. The minimum absolute atomic E-state index is 0.00729. The van der Waals surface area contributed by atoms with Gasteiger partial charge in [-0.3, -0.25) is 4.79 Å². The topological polar surface area (TPSA) is 53.6 Å². The standard InChI is InChI=1S/C15H22BrN3O2/c1-4-17-14-10-8-11(16)13(9-12(10)18-15(14)20)19(3)6-7-21-5-2/h8-9,14,17H,4-7H2,1-3H3,(H,18,20). The van der Waals surface area contributed by atoms with Crippen LogP contribution in [-0.4, -0.2) is 39.3 Å². The van der Waals surface area contributed by atoms with Crippen LogP contribution in [0.2, 0.25) is 0 Å². The first kappa shape index (κ1) is 16.3. The predicted molar refractivity (Wildman–Crippen MR) is 89.0 cm³/mol. The Kier molecular flexibility index (Phi) is 5.61. The van der Waals surface area contributed by atoms with E-state index in [1.54, 1.807) is 0 Å². The second-order valence-electron chi connectivity index (χ2n) is 4.99. The van der Waals surface area contributed by atoms with E-state index >= 15 is 0 Å². The van der Waals surface area contributed by atoms with Crippen LogP contribution in [0.3, 0.4) is 0 Å². The van der Waals surface area contributed by atoms with Crippen molar-refractivity contribution >= 4 is 33.2 Å². The maximum absolute atomic E-state index is 12.0. The largest absolute Gasteiger partial charge is 0.380 e. The molecule has 1 aliphatic heterocycles. The van der Waals surface area contributed by atoms with E-state index in [4.69, 9.17) is 4.74 Å². The van der Waals surface area contributed by atoms with Gasteiger partial charge in [0.15, 0.2) is 0 Å². The highest BCUT2D eigenvalue weighted by Gasteiger charge is 2.31. The van der Waals surface area contributed by atoms with Crippen LogP contribution in [-0.2, 0) is 9.53 Å². The van der Waals surface area contributed by atoms with Gasteiger partial charge in [-0.2, -0.15) is 0 Å². The van der Waals surface area contributed by atoms with Crippen LogP contribution in [0.1, 0.15) is 25.5 Å². The summed E-state index contributed by atoms with van der Waals surface area (Å²) in [6.07, 6.45) is 0. The van der Waals surface area contributed by atoms with Crippen molar-refractivity contribution in [3.8, 4) is 0 Å². The molecule has 0 fully saturated rings. The van der Waals surface area contributed by atoms with Crippen molar-refractivity contribution in [1.82, 2.24) is 5.32 Å². The SMILES string of the molecule is CCNC1C(=O)Nc2cc(N(C)CCOCC)c(Br)cc21. The molecule has 0 radical (unpaired) electrons. The van der Waals surface area contributed by atoms with Crippen LogP contribution >= 0.6 is 15.9 Å². The number of amides is 1. The zero-order valence-corrected chi connectivity index (χ0v) is 14.3. The number of fused-ring (bicyclic) bond motifs is 1. The number of carbonyl (C=O) groups excluding carboxylic acids is 1. The molecule has 0 spiro atoms. The van der Waals surface area contributed by atoms with Gasteiger partial charge in [-0.05, 0) is 41.5 Å². The van der Waals surface area contributed by atoms with E-state index in [1.165, 1.54) is 0 Å². The molecule has 5 nitrogen and oxygen atoms in total. The number of nitrogens with zero attached hydrogens (tertiary/aromatic N) is 1. The number of nitrogens with one attached hydrogen (secondary N) is 2. The van der Waals surface area contributed by atoms with Crippen LogP contribution in [0.5, 0.6) is 0 Å². The van der Waals surface area contributed by atoms with E-state index in [1.807, 2.05) is 33.0 Å². The molecule has 1 aliphatic rings. The van der Waals surface area contributed by atoms with Crippen molar-refractivity contribution in [3.63, 3.8) is 0 Å². The van der Waals surface area contributed by atoms with Crippen LogP contribution in [0, 0.1) is 0 Å². The monoisotopic (exact) mass is 355 g/mol. The molecule has 0 aromatic heterocycles. The molecule has 2 rings (SSSR count). The molecule has 1 aromatic carbocycles. The van der Waals surface area contributed by atoms with Gasteiger partial charge >= 0.3 is 0 Å². The van der Waals surface area contributed by atoms with Gasteiger partial charge < -0.3 is 20.3 Å². The van der Waals surface area contributed by atoms with Crippen LogP contribution < -0.4 is 15.5 Å². The third kappa shape index (κ3) is 3.56. The fourth-order valence-corrected chi connectivity index (χ4v) is 3.10. The highest BCUT2D eigenvalue weighted by molar-refractivity contribution is 9.10. The summed E-state index contributed by atoms with van der Waals surface area (Å²) in [6.45, 7) is 6.95. The second-order valence-corrected chi connectivity index (χ2v) is 5.84. The van der Waals surface area contributed by atoms with Gasteiger partial charge in [-0.25, -0.2) is 0 Å². The lowest BCUT2D eigenvalue weighted by Crippen LogP contribution is -2.27. The highest BCUT2D eigenvalue weighted by Crippen LogP contribution is 2.38. The molecule has 1 heterocycles. The molecule has 1 unspecified atom stereocenters. The molecule has 2 N–H and O–H groups in total. The van der Waals surface area contributed by atoms with Crippen LogP contribution in [0.25, 0.3) is 0 Å². The number of hydrogen-bond acceptors (Lipinski definition) is 4. The Balaban J connectivity index is 2.20. The number of benzene rings is 1. The number of likely N-dealkylation sites (N-methyl/N-ethyl adjacent to an activating group) is 2. The highest BCUT2D eigenvalue weighted by atomic mass is 79.9. The minimum Gasteiger partial charge on any atom is -0.380 e. The zero-order valence-electron chi connectivity index (χ0n) is 12.7. The second kappa shape index (κ2) is 7.24. The van der Waals surface area contributed by atoms with Gasteiger partial charge in [0.2, 0.25) is 5.91 Å².